The number of anilines is 3. The Morgan fingerprint density at radius 1 is 0.618 bits per heavy atom. The van der Waals surface area contributed by atoms with E-state index < -0.39 is 0 Å². The van der Waals surface area contributed by atoms with Gasteiger partial charge in [-0.05, 0) is 86.3 Å². The van der Waals surface area contributed by atoms with Crippen LogP contribution in [0, 0.1) is 13.8 Å². The number of aldehydes is 1. The van der Waals surface area contributed by atoms with Crippen LogP contribution in [0.5, 0.6) is 5.75 Å². The lowest BCUT2D eigenvalue weighted by atomic mass is 10.0. The monoisotopic (exact) mass is 449 g/mol. The lowest BCUT2D eigenvalue weighted by molar-refractivity contribution is -0.108. The minimum absolute atomic E-state index is 0.420. The molecule has 0 unspecified atom stereocenters. The lowest BCUT2D eigenvalue weighted by Crippen LogP contribution is -2.10. The molecule has 0 amide bonds. The molecule has 3 nitrogen and oxygen atoms in total. The number of rotatable bonds is 10. The highest BCUT2D eigenvalue weighted by molar-refractivity contribution is 5.76. The second kappa shape index (κ2) is 11.3. The number of benzene rings is 4. The van der Waals surface area contributed by atoms with E-state index in [-0.39, 0.29) is 0 Å². The van der Waals surface area contributed by atoms with Crippen LogP contribution in [0.2, 0.25) is 0 Å². The Morgan fingerprint density at radius 2 is 1.03 bits per heavy atom. The van der Waals surface area contributed by atoms with Crippen molar-refractivity contribution in [3.05, 3.63) is 119 Å². The maximum atomic E-state index is 10.4. The number of aryl methyl sites for hydroxylation is 4. The van der Waals surface area contributed by atoms with Crippen LogP contribution in [-0.4, -0.2) is 12.9 Å². The number of hydrogen-bond donors (Lipinski definition) is 0. The summed E-state index contributed by atoms with van der Waals surface area (Å²) < 4.78 is 5.55. The molecule has 34 heavy (non-hydrogen) atoms. The van der Waals surface area contributed by atoms with Crippen molar-refractivity contribution in [2.75, 3.05) is 11.5 Å². The number of carbonyl (C=O) groups excluding carboxylic acids is 1. The summed E-state index contributed by atoms with van der Waals surface area (Å²) in [5.41, 5.74) is 8.53. The molecule has 0 aliphatic carbocycles. The second-order valence-electron chi connectivity index (χ2n) is 8.62. The fraction of sp³-hybridized carbons (Fsp3) is 0.194. The molecule has 0 atom stereocenters. The third-order valence-electron chi connectivity index (χ3n) is 5.91. The van der Waals surface area contributed by atoms with Gasteiger partial charge in [0.1, 0.15) is 12.0 Å². The van der Waals surface area contributed by atoms with Crippen molar-refractivity contribution in [3.63, 3.8) is 0 Å². The minimum atomic E-state index is 0.420. The van der Waals surface area contributed by atoms with Crippen LogP contribution in [0.1, 0.15) is 28.7 Å². The summed E-state index contributed by atoms with van der Waals surface area (Å²) in [6, 6.07) is 34.3. The largest absolute Gasteiger partial charge is 0.493 e. The van der Waals surface area contributed by atoms with Gasteiger partial charge in [-0.15, -0.1) is 0 Å². The highest BCUT2D eigenvalue weighted by Crippen LogP contribution is 2.34. The average Bonchev–Trinajstić information content (AvgIpc) is 2.87. The maximum Gasteiger partial charge on any atom is 0.123 e. The highest BCUT2D eigenvalue weighted by Gasteiger charge is 2.12. The zero-order valence-electron chi connectivity index (χ0n) is 19.9. The van der Waals surface area contributed by atoms with Gasteiger partial charge in [0.2, 0.25) is 0 Å². The van der Waals surface area contributed by atoms with E-state index in [0.717, 1.165) is 41.9 Å². The summed E-state index contributed by atoms with van der Waals surface area (Å²) >= 11 is 0. The topological polar surface area (TPSA) is 29.5 Å². The quantitative estimate of drug-likeness (QED) is 0.185. The molecule has 0 saturated carbocycles. The first-order valence-corrected chi connectivity index (χ1v) is 11.8. The first-order valence-electron chi connectivity index (χ1n) is 11.8. The standard InChI is InChI=1S/C31H31NO2/c1-24-4-14-28(15-5-24)32(29-16-6-25(2)7-17-29)30-18-10-26(11-19-30)8-9-27-12-20-31(21-13-27)34-23-3-22-33/h4-7,10-22H,3,8-9,23H2,1-2H3. The number of carbonyl (C=O) groups is 1. The van der Waals surface area contributed by atoms with Crippen LogP contribution in [0.25, 0.3) is 0 Å². The molecular formula is C31H31NO2. The molecule has 0 fully saturated rings. The van der Waals surface area contributed by atoms with Gasteiger partial charge in [-0.3, -0.25) is 0 Å². The van der Waals surface area contributed by atoms with Gasteiger partial charge < -0.3 is 14.4 Å². The van der Waals surface area contributed by atoms with E-state index in [9.17, 15) is 4.79 Å². The normalized spacial score (nSPS) is 10.6. The van der Waals surface area contributed by atoms with Gasteiger partial charge >= 0.3 is 0 Å². The van der Waals surface area contributed by atoms with Gasteiger partial charge in [-0.1, -0.05) is 59.7 Å². The number of nitrogens with zero attached hydrogens (tertiary/aromatic N) is 1. The van der Waals surface area contributed by atoms with E-state index >= 15 is 0 Å². The van der Waals surface area contributed by atoms with E-state index in [1.54, 1.807) is 0 Å². The third-order valence-corrected chi connectivity index (χ3v) is 5.91. The van der Waals surface area contributed by atoms with Crippen molar-refractivity contribution in [3.8, 4) is 5.75 Å². The molecular weight excluding hydrogens is 418 g/mol. The Bertz CT molecular complexity index is 1130. The zero-order chi connectivity index (χ0) is 23.8. The van der Waals surface area contributed by atoms with Crippen molar-refractivity contribution in [1.82, 2.24) is 0 Å². The smallest absolute Gasteiger partial charge is 0.123 e. The van der Waals surface area contributed by atoms with Crippen molar-refractivity contribution >= 4 is 23.3 Å². The zero-order valence-corrected chi connectivity index (χ0v) is 19.9. The summed E-state index contributed by atoms with van der Waals surface area (Å²) in [5.74, 6) is 0.808. The highest BCUT2D eigenvalue weighted by atomic mass is 16.5. The maximum absolute atomic E-state index is 10.4. The second-order valence-corrected chi connectivity index (χ2v) is 8.62. The molecule has 3 heteroatoms. The van der Waals surface area contributed by atoms with Gasteiger partial charge in [0.25, 0.3) is 0 Å². The summed E-state index contributed by atoms with van der Waals surface area (Å²) in [7, 11) is 0. The summed E-state index contributed by atoms with van der Waals surface area (Å²) in [6.07, 6.45) is 3.23. The van der Waals surface area contributed by atoms with Crippen molar-refractivity contribution in [2.45, 2.75) is 33.1 Å². The molecule has 4 aromatic rings. The van der Waals surface area contributed by atoms with Crippen LogP contribution < -0.4 is 9.64 Å². The van der Waals surface area contributed by atoms with Gasteiger partial charge in [-0.2, -0.15) is 0 Å². The molecule has 0 bridgehead atoms. The Labute approximate surface area is 202 Å². The Kier molecular flexibility index (Phi) is 7.77. The minimum Gasteiger partial charge on any atom is -0.493 e. The van der Waals surface area contributed by atoms with E-state index in [0.29, 0.717) is 13.0 Å². The first-order chi connectivity index (χ1) is 16.6. The van der Waals surface area contributed by atoms with Crippen molar-refractivity contribution in [2.24, 2.45) is 0 Å². The van der Waals surface area contributed by atoms with Gasteiger partial charge in [0, 0.05) is 23.5 Å². The molecule has 0 saturated heterocycles. The predicted molar refractivity (Wildman–Crippen MR) is 141 cm³/mol. The average molecular weight is 450 g/mol. The first kappa shape index (κ1) is 23.3. The van der Waals surface area contributed by atoms with Gasteiger partial charge in [0.05, 0.1) is 6.61 Å². The van der Waals surface area contributed by atoms with Crippen molar-refractivity contribution in [1.29, 1.82) is 0 Å². The molecule has 0 heterocycles. The molecule has 4 aromatic carbocycles. The van der Waals surface area contributed by atoms with Gasteiger partial charge in [-0.25, -0.2) is 0 Å². The van der Waals surface area contributed by atoms with E-state index in [4.69, 9.17) is 4.74 Å². The molecule has 0 aromatic heterocycles. The van der Waals surface area contributed by atoms with Crippen LogP contribution in [0.3, 0.4) is 0 Å². The predicted octanol–water partition coefficient (Wildman–Crippen LogP) is 7.53. The van der Waals surface area contributed by atoms with Crippen LogP contribution in [0.4, 0.5) is 17.1 Å². The summed E-state index contributed by atoms with van der Waals surface area (Å²) in [4.78, 5) is 12.7. The Hall–Kier alpha value is -3.85. The van der Waals surface area contributed by atoms with Crippen LogP contribution in [-0.2, 0) is 17.6 Å². The van der Waals surface area contributed by atoms with E-state index in [1.807, 2.05) is 12.1 Å². The Balaban J connectivity index is 1.46. The molecule has 0 N–H and O–H groups in total. The fourth-order valence-electron chi connectivity index (χ4n) is 3.91. The molecule has 0 aliphatic heterocycles. The number of hydrogen-bond acceptors (Lipinski definition) is 3. The third kappa shape index (κ3) is 6.14. The number of ether oxygens (including phenoxy) is 1. The molecule has 0 spiro atoms. The molecule has 0 radical (unpaired) electrons. The molecule has 0 aliphatic rings. The van der Waals surface area contributed by atoms with E-state index in [1.165, 1.54) is 22.3 Å². The SMILES string of the molecule is Cc1ccc(N(c2ccc(C)cc2)c2ccc(CCc3ccc(OCCC=O)cc3)cc2)cc1. The summed E-state index contributed by atoms with van der Waals surface area (Å²) in [6.45, 7) is 4.66. The Morgan fingerprint density at radius 3 is 1.47 bits per heavy atom. The van der Waals surface area contributed by atoms with E-state index in [2.05, 4.69) is 104 Å². The van der Waals surface area contributed by atoms with Crippen LogP contribution >= 0.6 is 0 Å². The molecule has 4 rings (SSSR count). The lowest BCUT2D eigenvalue weighted by Gasteiger charge is -2.26. The van der Waals surface area contributed by atoms with Gasteiger partial charge in [0.15, 0.2) is 0 Å². The van der Waals surface area contributed by atoms with Crippen LogP contribution in [0.15, 0.2) is 97.1 Å². The van der Waals surface area contributed by atoms with Crippen molar-refractivity contribution < 1.29 is 9.53 Å². The summed E-state index contributed by atoms with van der Waals surface area (Å²) in [5, 5.41) is 0. The fourth-order valence-corrected chi connectivity index (χ4v) is 3.91. The molecule has 172 valence electrons.